The minimum atomic E-state index is -2.50. The average Bonchev–Trinajstić information content (AvgIpc) is 2.47. The molecular formula is C16H14F2O2. The molecule has 0 heterocycles. The van der Waals surface area contributed by atoms with Crippen LogP contribution in [-0.2, 0) is 0 Å². The van der Waals surface area contributed by atoms with Gasteiger partial charge in [0.15, 0.2) is 6.29 Å². The third-order valence-electron chi connectivity index (χ3n) is 2.94. The first-order valence-corrected chi connectivity index (χ1v) is 6.26. The van der Waals surface area contributed by atoms with E-state index in [1.165, 1.54) is 12.1 Å². The summed E-state index contributed by atoms with van der Waals surface area (Å²) in [4.78, 5) is 11.1. The molecule has 104 valence electrons. The Morgan fingerprint density at radius 3 is 2.40 bits per heavy atom. The molecule has 20 heavy (non-hydrogen) atoms. The van der Waals surface area contributed by atoms with E-state index in [2.05, 4.69) is 0 Å². The van der Waals surface area contributed by atoms with Crippen LogP contribution in [-0.4, -0.2) is 12.9 Å². The van der Waals surface area contributed by atoms with Crippen molar-refractivity contribution in [1.82, 2.24) is 0 Å². The van der Waals surface area contributed by atoms with E-state index >= 15 is 0 Å². The maximum atomic E-state index is 12.5. The minimum Gasteiger partial charge on any atom is -0.494 e. The van der Waals surface area contributed by atoms with Crippen LogP contribution in [0.15, 0.2) is 42.5 Å². The highest BCUT2D eigenvalue weighted by Gasteiger charge is 2.10. The Bertz CT molecular complexity index is 592. The molecule has 0 N–H and O–H groups in total. The summed E-state index contributed by atoms with van der Waals surface area (Å²) in [6, 6.07) is 11.0. The smallest absolute Gasteiger partial charge is 0.263 e. The van der Waals surface area contributed by atoms with Gasteiger partial charge in [0.25, 0.3) is 6.43 Å². The van der Waals surface area contributed by atoms with Gasteiger partial charge >= 0.3 is 0 Å². The predicted molar refractivity (Wildman–Crippen MR) is 73.4 cm³/mol. The molecule has 0 amide bonds. The van der Waals surface area contributed by atoms with Crippen molar-refractivity contribution in [2.45, 2.75) is 13.3 Å². The molecule has 0 atom stereocenters. The minimum absolute atomic E-state index is 0.0395. The molecule has 0 aliphatic heterocycles. The lowest BCUT2D eigenvalue weighted by atomic mass is 9.99. The van der Waals surface area contributed by atoms with Gasteiger partial charge < -0.3 is 4.74 Å². The Labute approximate surface area is 116 Å². The lowest BCUT2D eigenvalue weighted by Crippen LogP contribution is -1.94. The maximum Gasteiger partial charge on any atom is 0.263 e. The number of rotatable bonds is 5. The number of carbonyl (C=O) groups excluding carboxylic acids is 1. The van der Waals surface area contributed by atoms with Gasteiger partial charge in [-0.15, -0.1) is 0 Å². The standard InChI is InChI=1S/C16H14F2O2/c1-2-20-14-8-7-13(10-19)15(9-14)11-3-5-12(6-4-11)16(17)18/h3-10,16H,2H2,1H3. The van der Waals surface area contributed by atoms with E-state index in [0.29, 0.717) is 29.0 Å². The molecule has 0 aliphatic carbocycles. The Kier molecular flexibility index (Phi) is 4.45. The zero-order valence-electron chi connectivity index (χ0n) is 11.0. The predicted octanol–water partition coefficient (Wildman–Crippen LogP) is 4.50. The second kappa shape index (κ2) is 6.28. The average molecular weight is 276 g/mol. The van der Waals surface area contributed by atoms with Gasteiger partial charge in [-0.05, 0) is 36.2 Å². The molecule has 0 spiro atoms. The topological polar surface area (TPSA) is 26.3 Å². The fourth-order valence-corrected chi connectivity index (χ4v) is 1.95. The number of hydrogen-bond donors (Lipinski definition) is 0. The molecule has 2 aromatic carbocycles. The van der Waals surface area contributed by atoms with Crippen molar-refractivity contribution in [3.63, 3.8) is 0 Å². The van der Waals surface area contributed by atoms with Crippen LogP contribution in [0.3, 0.4) is 0 Å². The van der Waals surface area contributed by atoms with Crippen LogP contribution in [0.25, 0.3) is 11.1 Å². The van der Waals surface area contributed by atoms with Gasteiger partial charge in [0.2, 0.25) is 0 Å². The highest BCUT2D eigenvalue weighted by molar-refractivity contribution is 5.88. The van der Waals surface area contributed by atoms with Crippen LogP contribution >= 0.6 is 0 Å². The molecule has 0 fully saturated rings. The van der Waals surface area contributed by atoms with Crippen molar-refractivity contribution in [3.8, 4) is 16.9 Å². The first-order valence-electron chi connectivity index (χ1n) is 6.26. The van der Waals surface area contributed by atoms with Gasteiger partial charge in [-0.25, -0.2) is 8.78 Å². The SMILES string of the molecule is CCOc1ccc(C=O)c(-c2ccc(C(F)F)cc2)c1. The summed E-state index contributed by atoms with van der Waals surface area (Å²) < 4.78 is 30.5. The highest BCUT2D eigenvalue weighted by Crippen LogP contribution is 2.29. The van der Waals surface area contributed by atoms with Gasteiger partial charge in [-0.2, -0.15) is 0 Å². The molecule has 0 aromatic heterocycles. The van der Waals surface area contributed by atoms with Crippen molar-refractivity contribution in [1.29, 1.82) is 0 Å². The Balaban J connectivity index is 2.43. The van der Waals surface area contributed by atoms with Crippen molar-refractivity contribution >= 4 is 6.29 Å². The summed E-state index contributed by atoms with van der Waals surface area (Å²) in [5.41, 5.74) is 1.84. The van der Waals surface area contributed by atoms with E-state index in [1.807, 2.05) is 6.92 Å². The van der Waals surface area contributed by atoms with E-state index in [0.717, 1.165) is 6.29 Å². The van der Waals surface area contributed by atoms with E-state index in [9.17, 15) is 13.6 Å². The van der Waals surface area contributed by atoms with Gasteiger partial charge in [-0.3, -0.25) is 4.79 Å². The normalized spacial score (nSPS) is 10.6. The highest BCUT2D eigenvalue weighted by atomic mass is 19.3. The Morgan fingerprint density at radius 2 is 1.85 bits per heavy atom. The number of halogens is 2. The first kappa shape index (κ1) is 14.2. The van der Waals surface area contributed by atoms with Crippen molar-refractivity contribution in [2.75, 3.05) is 6.61 Å². The van der Waals surface area contributed by atoms with Crippen LogP contribution in [0, 0.1) is 0 Å². The van der Waals surface area contributed by atoms with Crippen molar-refractivity contribution < 1.29 is 18.3 Å². The summed E-state index contributed by atoms with van der Waals surface area (Å²) >= 11 is 0. The summed E-state index contributed by atoms with van der Waals surface area (Å²) in [5, 5.41) is 0. The molecule has 2 aromatic rings. The third-order valence-corrected chi connectivity index (χ3v) is 2.94. The molecule has 2 rings (SSSR count). The lowest BCUT2D eigenvalue weighted by molar-refractivity contribution is 0.112. The monoisotopic (exact) mass is 276 g/mol. The van der Waals surface area contributed by atoms with Gasteiger partial charge in [0.05, 0.1) is 6.61 Å². The molecule has 0 unspecified atom stereocenters. The molecule has 0 saturated carbocycles. The second-order valence-electron chi connectivity index (χ2n) is 4.22. The molecule has 0 radical (unpaired) electrons. The summed E-state index contributed by atoms with van der Waals surface area (Å²) in [7, 11) is 0. The van der Waals surface area contributed by atoms with Gasteiger partial charge in [0.1, 0.15) is 5.75 Å². The zero-order chi connectivity index (χ0) is 14.5. The number of aldehydes is 1. The number of hydrogen-bond acceptors (Lipinski definition) is 2. The van der Waals surface area contributed by atoms with Crippen LogP contribution in [0.5, 0.6) is 5.75 Å². The molecule has 0 bridgehead atoms. The largest absolute Gasteiger partial charge is 0.494 e. The van der Waals surface area contributed by atoms with E-state index in [4.69, 9.17) is 4.74 Å². The molecule has 2 nitrogen and oxygen atoms in total. The number of benzene rings is 2. The molecule has 0 aliphatic rings. The molecule has 4 heteroatoms. The third kappa shape index (κ3) is 3.02. The van der Waals surface area contributed by atoms with E-state index < -0.39 is 6.43 Å². The fraction of sp³-hybridized carbons (Fsp3) is 0.188. The Hall–Kier alpha value is -2.23. The van der Waals surface area contributed by atoms with E-state index in [1.54, 1.807) is 30.3 Å². The van der Waals surface area contributed by atoms with Gasteiger partial charge in [-0.1, -0.05) is 24.3 Å². The van der Waals surface area contributed by atoms with Gasteiger partial charge in [0, 0.05) is 11.1 Å². The molecule has 0 saturated heterocycles. The number of ether oxygens (including phenoxy) is 1. The summed E-state index contributed by atoms with van der Waals surface area (Å²) in [6.07, 6.45) is -1.75. The van der Waals surface area contributed by atoms with Crippen LogP contribution in [0.1, 0.15) is 29.3 Å². The van der Waals surface area contributed by atoms with Crippen molar-refractivity contribution in [2.24, 2.45) is 0 Å². The zero-order valence-corrected chi connectivity index (χ0v) is 11.0. The second-order valence-corrected chi connectivity index (χ2v) is 4.22. The summed E-state index contributed by atoms with van der Waals surface area (Å²) in [6.45, 7) is 2.38. The molecular weight excluding hydrogens is 262 g/mol. The Morgan fingerprint density at radius 1 is 1.15 bits per heavy atom. The number of carbonyl (C=O) groups is 1. The van der Waals surface area contributed by atoms with Crippen molar-refractivity contribution in [3.05, 3.63) is 53.6 Å². The first-order chi connectivity index (χ1) is 9.65. The van der Waals surface area contributed by atoms with E-state index in [-0.39, 0.29) is 5.56 Å². The lowest BCUT2D eigenvalue weighted by Gasteiger charge is -2.10. The number of alkyl halides is 2. The summed E-state index contributed by atoms with van der Waals surface area (Å²) in [5.74, 6) is 0.644. The van der Waals surface area contributed by atoms with Crippen LogP contribution in [0.4, 0.5) is 8.78 Å². The van der Waals surface area contributed by atoms with Crippen LogP contribution in [0.2, 0.25) is 0 Å². The van der Waals surface area contributed by atoms with Crippen LogP contribution < -0.4 is 4.74 Å². The quantitative estimate of drug-likeness (QED) is 0.751. The maximum absolute atomic E-state index is 12.5. The fourth-order valence-electron chi connectivity index (χ4n) is 1.95.